The van der Waals surface area contributed by atoms with E-state index in [1.807, 2.05) is 36.4 Å². The number of rotatable bonds is 7. The number of alkyl carbamates (subject to hydrolysis) is 1. The van der Waals surface area contributed by atoms with Gasteiger partial charge in [0.05, 0.1) is 0 Å². The third-order valence-electron chi connectivity index (χ3n) is 5.96. The van der Waals surface area contributed by atoms with E-state index in [-0.39, 0.29) is 18.4 Å². The molecule has 7 heteroatoms. The van der Waals surface area contributed by atoms with Gasteiger partial charge < -0.3 is 20.5 Å². The lowest BCUT2D eigenvalue weighted by molar-refractivity contribution is -0.143. The molecule has 0 aromatic heterocycles. The van der Waals surface area contributed by atoms with Crippen LogP contribution in [-0.2, 0) is 14.3 Å². The maximum Gasteiger partial charge on any atom is 0.407 e. The fraction of sp³-hybridized carbons (Fsp3) is 0.423. The van der Waals surface area contributed by atoms with Crippen molar-refractivity contribution in [1.29, 1.82) is 0 Å². The maximum atomic E-state index is 12.9. The average Bonchev–Trinajstić information content (AvgIpc) is 3.06. The van der Waals surface area contributed by atoms with Crippen molar-refractivity contribution in [3.8, 4) is 11.1 Å². The highest BCUT2D eigenvalue weighted by Gasteiger charge is 2.36. The Morgan fingerprint density at radius 1 is 0.939 bits per heavy atom. The van der Waals surface area contributed by atoms with Gasteiger partial charge in [-0.15, -0.1) is 0 Å². The Kier molecular flexibility index (Phi) is 7.10. The monoisotopic (exact) mass is 452 g/mol. The number of carboxylic acids is 1. The van der Waals surface area contributed by atoms with Gasteiger partial charge in [-0.05, 0) is 33.6 Å². The van der Waals surface area contributed by atoms with Gasteiger partial charge in [-0.25, -0.2) is 9.59 Å². The summed E-state index contributed by atoms with van der Waals surface area (Å²) in [6, 6.07) is 14.1. The number of hydrogen-bond acceptors (Lipinski definition) is 4. The number of amides is 2. The predicted octanol–water partition coefficient (Wildman–Crippen LogP) is 4.17. The lowest BCUT2D eigenvalue weighted by Gasteiger charge is -2.31. The van der Waals surface area contributed by atoms with E-state index in [0.717, 1.165) is 22.3 Å². The van der Waals surface area contributed by atoms with Crippen LogP contribution < -0.4 is 10.6 Å². The van der Waals surface area contributed by atoms with Crippen molar-refractivity contribution in [1.82, 2.24) is 10.6 Å². The SMILES string of the molecule is CC(C)[C@H](NC(=O)[C@@H](NC(=O)OCC1c2ccccc2-c2ccccc21)C(C)(C)C)C(=O)O. The molecule has 3 N–H and O–H groups in total. The molecule has 0 heterocycles. The summed E-state index contributed by atoms with van der Waals surface area (Å²) >= 11 is 0. The van der Waals surface area contributed by atoms with Gasteiger partial charge in [-0.1, -0.05) is 83.1 Å². The Balaban J connectivity index is 1.71. The van der Waals surface area contributed by atoms with E-state index >= 15 is 0 Å². The van der Waals surface area contributed by atoms with Gasteiger partial charge in [-0.2, -0.15) is 0 Å². The van der Waals surface area contributed by atoms with Crippen molar-refractivity contribution in [2.24, 2.45) is 11.3 Å². The summed E-state index contributed by atoms with van der Waals surface area (Å²) in [6.07, 6.45) is -0.719. The van der Waals surface area contributed by atoms with Crippen molar-refractivity contribution in [3.63, 3.8) is 0 Å². The highest BCUT2D eigenvalue weighted by atomic mass is 16.5. The predicted molar refractivity (Wildman–Crippen MR) is 126 cm³/mol. The smallest absolute Gasteiger partial charge is 0.407 e. The highest BCUT2D eigenvalue weighted by molar-refractivity contribution is 5.90. The summed E-state index contributed by atoms with van der Waals surface area (Å²) in [5.41, 5.74) is 3.79. The fourth-order valence-corrected chi connectivity index (χ4v) is 4.18. The lowest BCUT2D eigenvalue weighted by Crippen LogP contribution is -2.57. The first-order valence-corrected chi connectivity index (χ1v) is 11.2. The zero-order valence-electron chi connectivity index (χ0n) is 19.7. The van der Waals surface area contributed by atoms with E-state index in [2.05, 4.69) is 22.8 Å². The third-order valence-corrected chi connectivity index (χ3v) is 5.96. The van der Waals surface area contributed by atoms with Crippen LogP contribution in [0.3, 0.4) is 0 Å². The summed E-state index contributed by atoms with van der Waals surface area (Å²) in [5, 5.41) is 14.6. The molecule has 2 aromatic rings. The van der Waals surface area contributed by atoms with Crippen LogP contribution in [0.5, 0.6) is 0 Å². The lowest BCUT2D eigenvalue weighted by atomic mass is 9.86. The first kappa shape index (κ1) is 24.3. The number of fused-ring (bicyclic) bond motifs is 3. The molecule has 176 valence electrons. The highest BCUT2D eigenvalue weighted by Crippen LogP contribution is 2.44. The topological polar surface area (TPSA) is 105 Å². The molecule has 0 fully saturated rings. The van der Waals surface area contributed by atoms with Crippen LogP contribution in [0.25, 0.3) is 11.1 Å². The standard InChI is InChI=1S/C26H32N2O5/c1-15(2)21(24(30)31)27-23(29)22(26(3,4)5)28-25(32)33-14-20-18-12-8-6-10-16(18)17-11-7-9-13-19(17)20/h6-13,15,20-22H,14H2,1-5H3,(H,27,29)(H,28,32)(H,30,31)/t21-,22+/m0/s1. The number of carbonyl (C=O) groups is 3. The molecule has 2 atom stereocenters. The van der Waals surface area contributed by atoms with Crippen LogP contribution in [0, 0.1) is 11.3 Å². The minimum absolute atomic E-state index is 0.0950. The second kappa shape index (κ2) is 9.65. The Hall–Kier alpha value is -3.35. The Bertz CT molecular complexity index is 995. The van der Waals surface area contributed by atoms with E-state index in [9.17, 15) is 19.5 Å². The quantitative estimate of drug-likeness (QED) is 0.585. The molecule has 33 heavy (non-hydrogen) atoms. The van der Waals surface area contributed by atoms with Gasteiger partial charge in [0.15, 0.2) is 0 Å². The van der Waals surface area contributed by atoms with E-state index in [1.165, 1.54) is 0 Å². The number of benzene rings is 2. The average molecular weight is 453 g/mol. The molecule has 2 aromatic carbocycles. The zero-order chi connectivity index (χ0) is 24.3. The van der Waals surface area contributed by atoms with Gasteiger partial charge in [-0.3, -0.25) is 4.79 Å². The normalized spacial score (nSPS) is 14.7. The summed E-state index contributed by atoms with van der Waals surface area (Å²) in [4.78, 5) is 37.1. The van der Waals surface area contributed by atoms with Crippen LogP contribution >= 0.6 is 0 Å². The molecule has 0 unspecified atom stereocenters. The number of ether oxygens (including phenoxy) is 1. The molecule has 0 radical (unpaired) electrons. The van der Waals surface area contributed by atoms with Gasteiger partial charge >= 0.3 is 12.1 Å². The van der Waals surface area contributed by atoms with E-state index < -0.39 is 35.5 Å². The van der Waals surface area contributed by atoms with Crippen LogP contribution in [0.1, 0.15) is 51.7 Å². The Labute approximate surface area is 194 Å². The molecule has 0 spiro atoms. The van der Waals surface area contributed by atoms with Crippen LogP contribution in [0.4, 0.5) is 4.79 Å². The molecular formula is C26H32N2O5. The van der Waals surface area contributed by atoms with Crippen molar-refractivity contribution in [3.05, 3.63) is 59.7 Å². The molecule has 1 aliphatic carbocycles. The largest absolute Gasteiger partial charge is 0.480 e. The van der Waals surface area contributed by atoms with Crippen LogP contribution in [-0.4, -0.2) is 41.8 Å². The molecule has 0 bridgehead atoms. The molecule has 0 saturated carbocycles. The van der Waals surface area contributed by atoms with Crippen LogP contribution in [0.15, 0.2) is 48.5 Å². The van der Waals surface area contributed by atoms with Crippen LogP contribution in [0.2, 0.25) is 0 Å². The van der Waals surface area contributed by atoms with E-state index in [0.29, 0.717) is 0 Å². The van der Waals surface area contributed by atoms with Gasteiger partial charge in [0.2, 0.25) is 5.91 Å². The molecule has 0 aliphatic heterocycles. The minimum Gasteiger partial charge on any atom is -0.480 e. The number of nitrogens with one attached hydrogen (secondary N) is 2. The van der Waals surface area contributed by atoms with Crippen molar-refractivity contribution < 1.29 is 24.2 Å². The first-order chi connectivity index (χ1) is 15.5. The number of carboxylic acid groups (broad SMARTS) is 1. The van der Waals surface area contributed by atoms with Crippen molar-refractivity contribution in [2.45, 2.75) is 52.6 Å². The molecule has 2 amide bonds. The van der Waals surface area contributed by atoms with Crippen molar-refractivity contribution in [2.75, 3.05) is 6.61 Å². The summed E-state index contributed by atoms with van der Waals surface area (Å²) < 4.78 is 5.57. The Morgan fingerprint density at radius 2 is 1.45 bits per heavy atom. The van der Waals surface area contributed by atoms with Crippen molar-refractivity contribution >= 4 is 18.0 Å². The zero-order valence-corrected chi connectivity index (χ0v) is 19.7. The van der Waals surface area contributed by atoms with Gasteiger partial charge in [0.25, 0.3) is 0 Å². The summed E-state index contributed by atoms with van der Waals surface area (Å²) in [7, 11) is 0. The molecule has 3 rings (SSSR count). The van der Waals surface area contributed by atoms with E-state index in [4.69, 9.17) is 4.74 Å². The number of hydrogen-bond donors (Lipinski definition) is 3. The third kappa shape index (κ3) is 5.35. The number of carbonyl (C=O) groups excluding carboxylic acids is 2. The molecule has 7 nitrogen and oxygen atoms in total. The first-order valence-electron chi connectivity index (χ1n) is 11.2. The molecule has 0 saturated heterocycles. The molecular weight excluding hydrogens is 420 g/mol. The summed E-state index contributed by atoms with van der Waals surface area (Å²) in [6.45, 7) is 8.95. The second-order valence-electron chi connectivity index (χ2n) is 9.84. The maximum absolute atomic E-state index is 12.9. The molecule has 1 aliphatic rings. The Morgan fingerprint density at radius 3 is 1.91 bits per heavy atom. The fourth-order valence-electron chi connectivity index (χ4n) is 4.18. The second-order valence-corrected chi connectivity index (χ2v) is 9.84. The number of aliphatic carboxylic acids is 1. The van der Waals surface area contributed by atoms with E-state index in [1.54, 1.807) is 34.6 Å². The minimum atomic E-state index is -1.12. The van der Waals surface area contributed by atoms with Gasteiger partial charge in [0, 0.05) is 5.92 Å². The van der Waals surface area contributed by atoms with Gasteiger partial charge in [0.1, 0.15) is 18.7 Å². The summed E-state index contributed by atoms with van der Waals surface area (Å²) in [5.74, 6) is -2.08.